The van der Waals surface area contributed by atoms with E-state index in [-0.39, 0.29) is 6.04 Å². The fraction of sp³-hybridized carbons (Fsp3) is 0.929. The van der Waals surface area contributed by atoms with Crippen molar-refractivity contribution < 1.29 is 4.79 Å². The number of hydrogen-bond acceptors (Lipinski definition) is 3. The third-order valence-electron chi connectivity index (χ3n) is 4.70. The quantitative estimate of drug-likeness (QED) is 0.792. The minimum atomic E-state index is -0.00181. The molecule has 1 amide bonds. The Bertz CT molecular complexity index is 287. The molecule has 4 heteroatoms. The largest absolute Gasteiger partial charge is 0.339 e. The van der Waals surface area contributed by atoms with Gasteiger partial charge in [0.1, 0.15) is 0 Å². The maximum Gasteiger partial charge on any atom is 0.240 e. The Labute approximate surface area is 110 Å². The van der Waals surface area contributed by atoms with Gasteiger partial charge in [0.25, 0.3) is 0 Å². The van der Waals surface area contributed by atoms with Crippen LogP contribution >= 0.6 is 0 Å². The summed E-state index contributed by atoms with van der Waals surface area (Å²) in [5, 5.41) is 3.25. The van der Waals surface area contributed by atoms with E-state index in [9.17, 15) is 4.79 Å². The molecule has 2 rings (SSSR count). The van der Waals surface area contributed by atoms with E-state index in [2.05, 4.69) is 17.1 Å². The van der Waals surface area contributed by atoms with E-state index in [1.165, 1.54) is 0 Å². The first-order valence-corrected chi connectivity index (χ1v) is 7.36. The van der Waals surface area contributed by atoms with E-state index in [1.807, 2.05) is 7.05 Å². The van der Waals surface area contributed by atoms with Crippen LogP contribution in [0.25, 0.3) is 0 Å². The van der Waals surface area contributed by atoms with E-state index in [1.54, 1.807) is 0 Å². The Morgan fingerprint density at radius 2 is 1.94 bits per heavy atom. The molecule has 1 heterocycles. The van der Waals surface area contributed by atoms with Crippen LogP contribution < -0.4 is 11.1 Å². The van der Waals surface area contributed by atoms with Gasteiger partial charge in [-0.3, -0.25) is 4.79 Å². The number of nitrogens with one attached hydrogen (secondary N) is 1. The van der Waals surface area contributed by atoms with Gasteiger partial charge in [-0.15, -0.1) is 0 Å². The molecule has 1 saturated heterocycles. The van der Waals surface area contributed by atoms with Gasteiger partial charge < -0.3 is 16.0 Å². The molecule has 1 aliphatic heterocycles. The van der Waals surface area contributed by atoms with Crippen molar-refractivity contribution in [2.45, 2.75) is 63.6 Å². The number of likely N-dealkylation sites (tertiary alicyclic amines) is 1. The first kappa shape index (κ1) is 13.8. The Kier molecular flexibility index (Phi) is 4.62. The number of carbonyl (C=O) groups excluding carboxylic acids is 1. The summed E-state index contributed by atoms with van der Waals surface area (Å²) in [4.78, 5) is 14.7. The van der Waals surface area contributed by atoms with Gasteiger partial charge in [-0.05, 0) is 58.4 Å². The van der Waals surface area contributed by atoms with Crippen molar-refractivity contribution in [3.05, 3.63) is 0 Å². The summed E-state index contributed by atoms with van der Waals surface area (Å²) in [5.41, 5.74) is 5.94. The van der Waals surface area contributed by atoms with Crippen molar-refractivity contribution in [1.29, 1.82) is 0 Å². The summed E-state index contributed by atoms with van der Waals surface area (Å²) < 4.78 is 0. The van der Waals surface area contributed by atoms with Crippen molar-refractivity contribution in [2.24, 2.45) is 11.7 Å². The smallest absolute Gasteiger partial charge is 0.240 e. The molecule has 0 aromatic heterocycles. The SMILES string of the molecule is CN[C@H](C(=O)N1CCC[C@H]1C)C1CCC(N)CC1. The molecular formula is C14H27N3O. The van der Waals surface area contributed by atoms with Crippen LogP contribution in [0.1, 0.15) is 45.4 Å². The highest BCUT2D eigenvalue weighted by atomic mass is 16.2. The van der Waals surface area contributed by atoms with Gasteiger partial charge in [-0.1, -0.05) is 0 Å². The lowest BCUT2D eigenvalue weighted by atomic mass is 9.81. The highest BCUT2D eigenvalue weighted by Gasteiger charge is 2.35. The molecule has 2 fully saturated rings. The zero-order valence-electron chi connectivity index (χ0n) is 11.7. The maximum atomic E-state index is 12.6. The van der Waals surface area contributed by atoms with E-state index >= 15 is 0 Å². The normalized spacial score (nSPS) is 34.6. The van der Waals surface area contributed by atoms with Crippen LogP contribution in [0.4, 0.5) is 0 Å². The van der Waals surface area contributed by atoms with Crippen LogP contribution in [-0.2, 0) is 4.79 Å². The van der Waals surface area contributed by atoms with Crippen LogP contribution in [0.15, 0.2) is 0 Å². The molecule has 18 heavy (non-hydrogen) atoms. The van der Waals surface area contributed by atoms with Crippen molar-refractivity contribution in [2.75, 3.05) is 13.6 Å². The van der Waals surface area contributed by atoms with E-state index in [0.29, 0.717) is 23.9 Å². The van der Waals surface area contributed by atoms with Crippen molar-refractivity contribution in [3.63, 3.8) is 0 Å². The van der Waals surface area contributed by atoms with Crippen LogP contribution in [-0.4, -0.2) is 42.5 Å². The van der Waals surface area contributed by atoms with Gasteiger partial charge in [0.2, 0.25) is 5.91 Å². The summed E-state index contributed by atoms with van der Waals surface area (Å²) >= 11 is 0. The fourth-order valence-corrected chi connectivity index (χ4v) is 3.48. The number of nitrogens with zero attached hydrogens (tertiary/aromatic N) is 1. The van der Waals surface area contributed by atoms with Crippen molar-refractivity contribution in [3.8, 4) is 0 Å². The number of likely N-dealkylation sites (N-methyl/N-ethyl adjacent to an activating group) is 1. The van der Waals surface area contributed by atoms with E-state index < -0.39 is 0 Å². The zero-order chi connectivity index (χ0) is 13.1. The Hall–Kier alpha value is -0.610. The van der Waals surface area contributed by atoms with Gasteiger partial charge in [-0.25, -0.2) is 0 Å². The second-order valence-electron chi connectivity index (χ2n) is 5.96. The van der Waals surface area contributed by atoms with E-state index in [4.69, 9.17) is 5.73 Å². The summed E-state index contributed by atoms with van der Waals surface area (Å²) in [6.07, 6.45) is 6.59. The zero-order valence-corrected chi connectivity index (χ0v) is 11.7. The standard InChI is InChI=1S/C14H27N3O/c1-10-4-3-9-17(10)14(18)13(16-2)11-5-7-12(15)8-6-11/h10-13,16H,3-9,15H2,1-2H3/t10-,11?,12?,13+/m1/s1. The first-order valence-electron chi connectivity index (χ1n) is 7.36. The van der Waals surface area contributed by atoms with Crippen LogP contribution in [0, 0.1) is 5.92 Å². The second-order valence-corrected chi connectivity index (χ2v) is 5.96. The van der Waals surface area contributed by atoms with Crippen LogP contribution in [0.3, 0.4) is 0 Å². The molecule has 3 N–H and O–H groups in total. The predicted octanol–water partition coefficient (Wildman–Crippen LogP) is 1.10. The fourth-order valence-electron chi connectivity index (χ4n) is 3.48. The molecule has 0 bridgehead atoms. The molecule has 2 atom stereocenters. The number of hydrogen-bond donors (Lipinski definition) is 2. The Morgan fingerprint density at radius 1 is 1.28 bits per heavy atom. The highest BCUT2D eigenvalue weighted by Crippen LogP contribution is 2.28. The molecule has 0 radical (unpaired) electrons. The average molecular weight is 253 g/mol. The Morgan fingerprint density at radius 3 is 2.44 bits per heavy atom. The molecule has 2 aliphatic rings. The monoisotopic (exact) mass is 253 g/mol. The molecule has 0 aromatic rings. The van der Waals surface area contributed by atoms with Crippen LogP contribution in [0.2, 0.25) is 0 Å². The van der Waals surface area contributed by atoms with Crippen LogP contribution in [0.5, 0.6) is 0 Å². The lowest BCUT2D eigenvalue weighted by Crippen LogP contribution is -2.51. The third-order valence-corrected chi connectivity index (χ3v) is 4.70. The Balaban J connectivity index is 1.97. The maximum absolute atomic E-state index is 12.6. The van der Waals surface area contributed by atoms with Gasteiger partial charge in [0.05, 0.1) is 6.04 Å². The number of carbonyl (C=O) groups is 1. The van der Waals surface area contributed by atoms with Gasteiger partial charge in [-0.2, -0.15) is 0 Å². The first-order chi connectivity index (χ1) is 8.63. The third kappa shape index (κ3) is 2.86. The minimum Gasteiger partial charge on any atom is -0.339 e. The summed E-state index contributed by atoms with van der Waals surface area (Å²) in [6, 6.07) is 0.761. The number of rotatable bonds is 3. The molecular weight excluding hydrogens is 226 g/mol. The molecule has 1 aliphatic carbocycles. The summed E-state index contributed by atoms with van der Waals surface area (Å²) in [7, 11) is 1.91. The lowest BCUT2D eigenvalue weighted by molar-refractivity contribution is -0.135. The molecule has 104 valence electrons. The summed E-state index contributed by atoms with van der Waals surface area (Å²) in [6.45, 7) is 3.10. The molecule has 0 unspecified atom stereocenters. The van der Waals surface area contributed by atoms with Gasteiger partial charge >= 0.3 is 0 Å². The van der Waals surface area contributed by atoms with Gasteiger partial charge in [0, 0.05) is 18.6 Å². The predicted molar refractivity (Wildman–Crippen MR) is 73.2 cm³/mol. The minimum absolute atomic E-state index is 0.00181. The van der Waals surface area contributed by atoms with E-state index in [0.717, 1.165) is 45.1 Å². The van der Waals surface area contributed by atoms with Gasteiger partial charge in [0.15, 0.2) is 0 Å². The van der Waals surface area contributed by atoms with Crippen molar-refractivity contribution in [1.82, 2.24) is 10.2 Å². The average Bonchev–Trinajstić information content (AvgIpc) is 2.78. The number of amides is 1. The number of nitrogens with two attached hydrogens (primary N) is 1. The highest BCUT2D eigenvalue weighted by molar-refractivity contribution is 5.82. The topological polar surface area (TPSA) is 58.4 Å². The second kappa shape index (κ2) is 6.02. The molecule has 0 aromatic carbocycles. The molecule has 1 saturated carbocycles. The molecule has 0 spiro atoms. The summed E-state index contributed by atoms with van der Waals surface area (Å²) in [5.74, 6) is 0.776. The molecule has 4 nitrogen and oxygen atoms in total. The lowest BCUT2D eigenvalue weighted by Gasteiger charge is -2.35. The van der Waals surface area contributed by atoms with Crippen molar-refractivity contribution >= 4 is 5.91 Å².